The van der Waals surface area contributed by atoms with E-state index in [1.807, 2.05) is 18.7 Å². The summed E-state index contributed by atoms with van der Waals surface area (Å²) in [7, 11) is -3.55. The molecule has 8 nitrogen and oxygen atoms in total. The molecule has 1 aromatic rings. The fourth-order valence-electron chi connectivity index (χ4n) is 3.15. The predicted octanol–water partition coefficient (Wildman–Crippen LogP) is 0.830. The summed E-state index contributed by atoms with van der Waals surface area (Å²) in [4.78, 5) is 18.6. The Labute approximate surface area is 164 Å². The highest BCUT2D eigenvalue weighted by Gasteiger charge is 2.27. The number of ether oxygens (including phenoxy) is 2. The topological polar surface area (TPSA) is 89.0 Å². The number of carbonyl (C=O) groups is 1. The van der Waals surface area contributed by atoms with Crippen LogP contribution in [-0.4, -0.2) is 85.9 Å². The molecule has 2 fully saturated rings. The molecule has 0 aromatic carbocycles. The summed E-state index contributed by atoms with van der Waals surface area (Å²) in [6.45, 7) is 6.61. The average Bonchev–Trinajstić information content (AvgIpc) is 2.66. The summed E-state index contributed by atoms with van der Waals surface area (Å²) < 4.78 is 37.4. The maximum atomic E-state index is 12.6. The fourth-order valence-corrected chi connectivity index (χ4v) is 5.25. The average molecular weight is 416 g/mol. The van der Waals surface area contributed by atoms with Crippen LogP contribution in [0.25, 0.3) is 0 Å². The molecule has 0 bridgehead atoms. The van der Waals surface area contributed by atoms with Gasteiger partial charge in [-0.05, 0) is 26.0 Å². The number of pyridine rings is 1. The molecule has 10 heteroatoms. The molecule has 0 aliphatic carbocycles. The van der Waals surface area contributed by atoms with Crippen molar-refractivity contribution >= 4 is 27.7 Å². The number of hydrogen-bond donors (Lipinski definition) is 0. The summed E-state index contributed by atoms with van der Waals surface area (Å²) >= 11 is 1.31. The van der Waals surface area contributed by atoms with Crippen LogP contribution in [0.5, 0.6) is 0 Å². The van der Waals surface area contributed by atoms with E-state index in [0.29, 0.717) is 44.4 Å². The van der Waals surface area contributed by atoms with Crippen molar-refractivity contribution in [2.24, 2.45) is 0 Å². The number of sulfonamides is 1. The number of hydrogen-bond acceptors (Lipinski definition) is 7. The number of thioether (sulfide) groups is 1. The second kappa shape index (κ2) is 8.87. The molecule has 150 valence electrons. The van der Waals surface area contributed by atoms with Crippen molar-refractivity contribution in [2.75, 3.05) is 45.1 Å². The molecule has 2 saturated heterocycles. The van der Waals surface area contributed by atoms with Gasteiger partial charge in [-0.3, -0.25) is 4.79 Å². The molecule has 3 heterocycles. The highest BCUT2D eigenvalue weighted by molar-refractivity contribution is 7.99. The Morgan fingerprint density at radius 3 is 2.48 bits per heavy atom. The Hall–Kier alpha value is -1.20. The molecule has 3 rings (SSSR count). The number of amides is 1. The highest BCUT2D eigenvalue weighted by Crippen LogP contribution is 2.21. The zero-order valence-electron chi connectivity index (χ0n) is 15.5. The van der Waals surface area contributed by atoms with E-state index >= 15 is 0 Å². The Bertz CT molecular complexity index is 740. The van der Waals surface area contributed by atoms with Crippen molar-refractivity contribution in [1.29, 1.82) is 0 Å². The second-order valence-electron chi connectivity index (χ2n) is 6.69. The number of morpholine rings is 2. The van der Waals surface area contributed by atoms with E-state index < -0.39 is 10.0 Å². The lowest BCUT2D eigenvalue weighted by atomic mass is 10.2. The van der Waals surface area contributed by atoms with Crippen LogP contribution in [0.2, 0.25) is 0 Å². The van der Waals surface area contributed by atoms with Crippen molar-refractivity contribution in [3.63, 3.8) is 0 Å². The van der Waals surface area contributed by atoms with Gasteiger partial charge in [0.15, 0.2) is 0 Å². The molecule has 0 spiro atoms. The van der Waals surface area contributed by atoms with Gasteiger partial charge in [-0.15, -0.1) is 0 Å². The van der Waals surface area contributed by atoms with Gasteiger partial charge in [0, 0.05) is 32.4 Å². The van der Waals surface area contributed by atoms with Crippen molar-refractivity contribution in [3.05, 3.63) is 18.3 Å². The normalized spacial score (nSPS) is 24.7. The Balaban J connectivity index is 1.57. The van der Waals surface area contributed by atoms with E-state index in [4.69, 9.17) is 9.47 Å². The van der Waals surface area contributed by atoms with Gasteiger partial charge < -0.3 is 14.4 Å². The second-order valence-corrected chi connectivity index (χ2v) is 9.63. The third kappa shape index (κ3) is 5.20. The third-order valence-corrected chi connectivity index (χ3v) is 7.24. The van der Waals surface area contributed by atoms with Crippen LogP contribution in [0.4, 0.5) is 0 Å². The van der Waals surface area contributed by atoms with E-state index in [9.17, 15) is 13.2 Å². The summed E-state index contributed by atoms with van der Waals surface area (Å²) in [5.41, 5.74) is 0. The Morgan fingerprint density at radius 2 is 1.89 bits per heavy atom. The van der Waals surface area contributed by atoms with Crippen molar-refractivity contribution in [3.8, 4) is 0 Å². The van der Waals surface area contributed by atoms with Crippen LogP contribution >= 0.6 is 11.8 Å². The standard InChI is InChI=1S/C17H25N3O5S2/c1-13-10-19(11-14(2)25-13)17(21)12-26-16-4-3-15(9-18-16)27(22,23)20-5-7-24-8-6-20/h3-4,9,13-14H,5-8,10-12H2,1-2H3/t13-,14-/m0/s1. The van der Waals surface area contributed by atoms with Crippen LogP contribution < -0.4 is 0 Å². The minimum absolute atomic E-state index is 0.0329. The molecule has 27 heavy (non-hydrogen) atoms. The lowest BCUT2D eigenvalue weighted by molar-refractivity contribution is -0.140. The van der Waals surface area contributed by atoms with Crippen molar-refractivity contribution < 1.29 is 22.7 Å². The maximum Gasteiger partial charge on any atom is 0.244 e. The first-order valence-electron chi connectivity index (χ1n) is 8.96. The van der Waals surface area contributed by atoms with Gasteiger partial charge in [-0.2, -0.15) is 4.31 Å². The summed E-state index contributed by atoms with van der Waals surface area (Å²) in [5, 5.41) is 0.624. The Kier molecular flexibility index (Phi) is 6.74. The first-order chi connectivity index (χ1) is 12.9. The molecule has 0 N–H and O–H groups in total. The number of nitrogens with zero attached hydrogens (tertiary/aromatic N) is 3. The van der Waals surface area contributed by atoms with Crippen LogP contribution in [-0.2, 0) is 24.3 Å². The summed E-state index contributed by atoms with van der Waals surface area (Å²) in [6.07, 6.45) is 1.42. The SMILES string of the molecule is C[C@H]1CN(C(=O)CSc2ccc(S(=O)(=O)N3CCOCC3)cn2)C[C@H](C)O1. The number of aromatic nitrogens is 1. The van der Waals surface area contributed by atoms with E-state index in [0.717, 1.165) is 0 Å². The molecule has 2 atom stereocenters. The minimum Gasteiger partial charge on any atom is -0.379 e. The molecular formula is C17H25N3O5S2. The maximum absolute atomic E-state index is 12.6. The molecular weight excluding hydrogens is 390 g/mol. The van der Waals surface area contributed by atoms with Gasteiger partial charge in [-0.1, -0.05) is 11.8 Å². The zero-order chi connectivity index (χ0) is 19.4. The summed E-state index contributed by atoms with van der Waals surface area (Å²) in [6, 6.07) is 3.19. The largest absolute Gasteiger partial charge is 0.379 e. The summed E-state index contributed by atoms with van der Waals surface area (Å²) in [5.74, 6) is 0.302. The third-order valence-electron chi connectivity index (χ3n) is 4.43. The predicted molar refractivity (Wildman–Crippen MR) is 101 cm³/mol. The highest BCUT2D eigenvalue weighted by atomic mass is 32.2. The number of carbonyl (C=O) groups excluding carboxylic acids is 1. The fraction of sp³-hybridized carbons (Fsp3) is 0.647. The van der Waals surface area contributed by atoms with Gasteiger partial charge in [0.1, 0.15) is 4.90 Å². The van der Waals surface area contributed by atoms with Crippen molar-refractivity contribution in [2.45, 2.75) is 36.0 Å². The van der Waals surface area contributed by atoms with Gasteiger partial charge in [0.05, 0.1) is 36.2 Å². The van der Waals surface area contributed by atoms with E-state index in [-0.39, 0.29) is 28.8 Å². The van der Waals surface area contributed by atoms with Gasteiger partial charge in [0.25, 0.3) is 0 Å². The zero-order valence-corrected chi connectivity index (χ0v) is 17.2. The van der Waals surface area contributed by atoms with Gasteiger partial charge >= 0.3 is 0 Å². The first-order valence-corrected chi connectivity index (χ1v) is 11.4. The van der Waals surface area contributed by atoms with E-state index in [1.165, 1.54) is 22.3 Å². The van der Waals surface area contributed by atoms with Crippen molar-refractivity contribution in [1.82, 2.24) is 14.2 Å². The molecule has 2 aliphatic rings. The quantitative estimate of drug-likeness (QED) is 0.658. The molecule has 0 unspecified atom stereocenters. The lowest BCUT2D eigenvalue weighted by Crippen LogP contribution is -2.48. The first kappa shape index (κ1) is 20.5. The molecule has 1 amide bonds. The number of rotatable bonds is 5. The van der Waals surface area contributed by atoms with Crippen LogP contribution in [0, 0.1) is 0 Å². The van der Waals surface area contributed by atoms with E-state index in [1.54, 1.807) is 12.1 Å². The smallest absolute Gasteiger partial charge is 0.244 e. The Morgan fingerprint density at radius 1 is 1.22 bits per heavy atom. The monoisotopic (exact) mass is 415 g/mol. The molecule has 0 saturated carbocycles. The van der Waals surface area contributed by atoms with Crippen LogP contribution in [0.15, 0.2) is 28.3 Å². The minimum atomic E-state index is -3.55. The van der Waals surface area contributed by atoms with Crippen LogP contribution in [0.1, 0.15) is 13.8 Å². The van der Waals surface area contributed by atoms with Gasteiger partial charge in [-0.25, -0.2) is 13.4 Å². The van der Waals surface area contributed by atoms with Crippen LogP contribution in [0.3, 0.4) is 0 Å². The molecule has 0 radical (unpaired) electrons. The molecule has 2 aliphatic heterocycles. The van der Waals surface area contributed by atoms with Gasteiger partial charge in [0.2, 0.25) is 15.9 Å². The molecule has 1 aromatic heterocycles. The lowest BCUT2D eigenvalue weighted by Gasteiger charge is -2.35. The van der Waals surface area contributed by atoms with E-state index in [2.05, 4.69) is 4.98 Å².